The fraction of sp³-hybridized carbons (Fsp3) is 0.952. The Labute approximate surface area is 632 Å². The molecule has 0 aliphatic rings. The van der Waals surface area contributed by atoms with Crippen molar-refractivity contribution in [3.05, 3.63) is 0 Å². The van der Waals surface area contributed by atoms with E-state index in [1.54, 1.807) is 0 Å². The van der Waals surface area contributed by atoms with E-state index in [0.717, 1.165) is 108 Å². The minimum Gasteiger partial charge on any atom is -0.462 e. The fourth-order valence-corrected chi connectivity index (χ4v) is 14.6. The Bertz CT molecular complexity index is 1980. The molecule has 0 saturated heterocycles. The van der Waals surface area contributed by atoms with Gasteiger partial charge in [-0.1, -0.05) is 395 Å². The first kappa shape index (κ1) is 101. The van der Waals surface area contributed by atoms with Crippen LogP contribution in [0, 0.1) is 11.8 Å². The van der Waals surface area contributed by atoms with E-state index in [0.29, 0.717) is 25.7 Å². The molecule has 17 nitrogen and oxygen atoms in total. The molecule has 0 rings (SSSR count). The van der Waals surface area contributed by atoms with E-state index in [-0.39, 0.29) is 25.7 Å². The summed E-state index contributed by atoms with van der Waals surface area (Å²) in [6.45, 7) is 9.61. The van der Waals surface area contributed by atoms with Gasteiger partial charge < -0.3 is 33.8 Å². The van der Waals surface area contributed by atoms with Crippen molar-refractivity contribution in [2.75, 3.05) is 39.6 Å². The van der Waals surface area contributed by atoms with Crippen molar-refractivity contribution < 1.29 is 80.2 Å². The average Bonchev–Trinajstić information content (AvgIpc) is 0.913. The number of carbonyl (C=O) groups excluding carboxylic acids is 4. The van der Waals surface area contributed by atoms with E-state index < -0.39 is 97.5 Å². The Morgan fingerprint density at radius 2 is 0.447 bits per heavy atom. The molecular weight excluding hydrogens is 1340 g/mol. The number of hydrogen-bond acceptors (Lipinski definition) is 15. The number of aliphatic hydroxyl groups excluding tert-OH is 1. The lowest BCUT2D eigenvalue weighted by molar-refractivity contribution is -0.161. The Hall–Kier alpha value is -1.94. The van der Waals surface area contributed by atoms with Crippen molar-refractivity contribution in [2.24, 2.45) is 11.8 Å². The van der Waals surface area contributed by atoms with Crippen LogP contribution >= 0.6 is 15.6 Å². The fourth-order valence-electron chi connectivity index (χ4n) is 13.1. The van der Waals surface area contributed by atoms with Crippen LogP contribution in [0.5, 0.6) is 0 Å². The zero-order chi connectivity index (χ0) is 75.6. The van der Waals surface area contributed by atoms with Gasteiger partial charge in [-0.15, -0.1) is 0 Å². The zero-order valence-corrected chi connectivity index (χ0v) is 69.4. The molecule has 0 fully saturated rings. The second-order valence-corrected chi connectivity index (χ2v) is 34.1. The van der Waals surface area contributed by atoms with Gasteiger partial charge in [0, 0.05) is 25.7 Å². The van der Waals surface area contributed by atoms with Crippen molar-refractivity contribution in [2.45, 2.75) is 464 Å². The van der Waals surface area contributed by atoms with Gasteiger partial charge in [0.25, 0.3) is 0 Å². The molecule has 2 unspecified atom stereocenters. The number of phosphoric acid groups is 2. The molecule has 5 atom stereocenters. The van der Waals surface area contributed by atoms with Gasteiger partial charge in [-0.05, 0) is 37.5 Å². The first-order chi connectivity index (χ1) is 49.9. The van der Waals surface area contributed by atoms with Crippen molar-refractivity contribution in [1.82, 2.24) is 0 Å². The van der Waals surface area contributed by atoms with E-state index in [9.17, 15) is 43.2 Å². The number of ether oxygens (including phenoxy) is 4. The summed E-state index contributed by atoms with van der Waals surface area (Å²) >= 11 is 0. The Balaban J connectivity index is 5.10. The van der Waals surface area contributed by atoms with E-state index >= 15 is 0 Å². The highest BCUT2D eigenvalue weighted by atomic mass is 31.2. The van der Waals surface area contributed by atoms with Crippen LogP contribution < -0.4 is 0 Å². The van der Waals surface area contributed by atoms with Gasteiger partial charge in [0.1, 0.15) is 19.3 Å². The van der Waals surface area contributed by atoms with Crippen LogP contribution in [0.2, 0.25) is 0 Å². The lowest BCUT2D eigenvalue weighted by Gasteiger charge is -2.21. The number of unbranched alkanes of at least 4 members (excludes halogenated alkanes) is 53. The quantitative estimate of drug-likeness (QED) is 0.0222. The first-order valence-corrected chi connectivity index (χ1v) is 46.5. The summed E-state index contributed by atoms with van der Waals surface area (Å²) in [5, 5.41) is 10.6. The maximum absolute atomic E-state index is 13.1. The molecule has 0 spiro atoms. The normalized spacial score (nSPS) is 13.9. The molecule has 0 aliphatic carbocycles. The van der Waals surface area contributed by atoms with Crippen molar-refractivity contribution >= 4 is 39.5 Å². The molecular formula is C84H164O17P2. The number of esters is 4. The third-order valence-corrected chi connectivity index (χ3v) is 21.6. The molecule has 0 aliphatic heterocycles. The largest absolute Gasteiger partial charge is 0.472 e. The number of carbonyl (C=O) groups is 4. The van der Waals surface area contributed by atoms with Crippen LogP contribution in [0.25, 0.3) is 0 Å². The second-order valence-electron chi connectivity index (χ2n) is 31.2. The highest BCUT2D eigenvalue weighted by Crippen LogP contribution is 2.45. The lowest BCUT2D eigenvalue weighted by Crippen LogP contribution is -2.30. The van der Waals surface area contributed by atoms with Gasteiger partial charge in [-0.3, -0.25) is 37.3 Å². The highest BCUT2D eigenvalue weighted by molar-refractivity contribution is 7.47. The maximum Gasteiger partial charge on any atom is 0.472 e. The predicted octanol–water partition coefficient (Wildman–Crippen LogP) is 25.5. The molecule has 0 saturated carbocycles. The monoisotopic (exact) mass is 1510 g/mol. The van der Waals surface area contributed by atoms with Crippen LogP contribution in [0.15, 0.2) is 0 Å². The topological polar surface area (TPSA) is 237 Å². The molecule has 103 heavy (non-hydrogen) atoms. The first-order valence-electron chi connectivity index (χ1n) is 43.5. The Morgan fingerprint density at radius 1 is 0.262 bits per heavy atom. The molecule has 0 radical (unpaired) electrons. The van der Waals surface area contributed by atoms with Crippen molar-refractivity contribution in [3.63, 3.8) is 0 Å². The van der Waals surface area contributed by atoms with Gasteiger partial charge >= 0.3 is 39.5 Å². The summed E-state index contributed by atoms with van der Waals surface area (Å²) in [7, 11) is -9.91. The second kappa shape index (κ2) is 75.5. The minimum absolute atomic E-state index is 0.107. The van der Waals surface area contributed by atoms with E-state index in [1.807, 2.05) is 0 Å². The van der Waals surface area contributed by atoms with Gasteiger partial charge in [0.05, 0.1) is 26.4 Å². The summed E-state index contributed by atoms with van der Waals surface area (Å²) in [5.74, 6) is -0.508. The summed E-state index contributed by atoms with van der Waals surface area (Å²) in [6, 6.07) is 0. The lowest BCUT2D eigenvalue weighted by atomic mass is 10.0. The molecule has 0 bridgehead atoms. The van der Waals surface area contributed by atoms with E-state index in [2.05, 4.69) is 41.5 Å². The van der Waals surface area contributed by atoms with Gasteiger partial charge in [-0.25, -0.2) is 9.13 Å². The van der Waals surface area contributed by atoms with Crippen LogP contribution in [-0.2, 0) is 65.4 Å². The zero-order valence-electron chi connectivity index (χ0n) is 67.6. The molecule has 0 aromatic heterocycles. The number of phosphoric ester groups is 2. The molecule has 0 aromatic carbocycles. The highest BCUT2D eigenvalue weighted by Gasteiger charge is 2.30. The minimum atomic E-state index is -4.96. The molecule has 0 amide bonds. The maximum atomic E-state index is 13.1. The standard InChI is InChI=1S/C84H164O17P2/c1-7-9-11-13-14-15-16-17-18-19-20-21-22-23-24-29-35-40-45-50-56-63-69-84(89)101-80(73-95-82(87)67-61-55-49-44-39-34-30-25-27-32-37-42-47-53-58-64-76(3)4)75-99-103(92,93)97-71-78(85)70-96-102(90,91)98-74-79(72-94-81(86)66-60-52-12-10-8-2)100-83(88)68-62-57-51-46-41-36-31-26-28-33-38-43-48-54-59-65-77(5)6/h76-80,85H,7-75H2,1-6H3,(H,90,91)(H,92,93)/t78-,79+,80+/m0/s1. The van der Waals surface area contributed by atoms with E-state index in [4.69, 9.17) is 37.0 Å². The van der Waals surface area contributed by atoms with Crippen LogP contribution in [0.1, 0.15) is 446 Å². The summed E-state index contributed by atoms with van der Waals surface area (Å²) < 4.78 is 68.6. The summed E-state index contributed by atoms with van der Waals surface area (Å²) in [4.78, 5) is 72.8. The molecule has 0 aromatic rings. The number of rotatable bonds is 83. The van der Waals surface area contributed by atoms with Crippen molar-refractivity contribution in [1.29, 1.82) is 0 Å². The molecule has 3 N–H and O–H groups in total. The predicted molar refractivity (Wildman–Crippen MR) is 423 cm³/mol. The third-order valence-electron chi connectivity index (χ3n) is 19.7. The molecule has 612 valence electrons. The molecule has 0 heterocycles. The van der Waals surface area contributed by atoms with E-state index in [1.165, 1.54) is 257 Å². The van der Waals surface area contributed by atoms with Crippen LogP contribution in [0.3, 0.4) is 0 Å². The Morgan fingerprint density at radius 3 is 0.660 bits per heavy atom. The molecule has 19 heteroatoms. The van der Waals surface area contributed by atoms with Crippen molar-refractivity contribution in [3.8, 4) is 0 Å². The van der Waals surface area contributed by atoms with Crippen LogP contribution in [0.4, 0.5) is 0 Å². The summed E-state index contributed by atoms with van der Waals surface area (Å²) in [5.41, 5.74) is 0. The number of hydrogen-bond donors (Lipinski definition) is 3. The van der Waals surface area contributed by atoms with Gasteiger partial charge in [-0.2, -0.15) is 0 Å². The van der Waals surface area contributed by atoms with Gasteiger partial charge in [0.2, 0.25) is 0 Å². The Kier molecular flexibility index (Phi) is 74.1. The smallest absolute Gasteiger partial charge is 0.462 e. The average molecular weight is 1510 g/mol. The summed E-state index contributed by atoms with van der Waals surface area (Å²) in [6.07, 6.45) is 67.2. The van der Waals surface area contributed by atoms with Crippen LogP contribution in [-0.4, -0.2) is 96.7 Å². The SMILES string of the molecule is CCCCCCCCCCCCCCCCCCCCCCCCC(=O)O[C@H](COC(=O)CCCCCCCCCCCCCCCCCC(C)C)COP(=O)(O)OC[C@@H](O)COP(=O)(O)OC[C@@H](COC(=O)CCCCCCC)OC(=O)CCCCCCCCCCCCCCCCCC(C)C. The third kappa shape index (κ3) is 78.0. The number of aliphatic hydroxyl groups is 1. The van der Waals surface area contributed by atoms with Gasteiger partial charge in [0.15, 0.2) is 12.2 Å².